The number of ether oxygens (including phenoxy) is 1. The van der Waals surface area contributed by atoms with Crippen LogP contribution in [0.1, 0.15) is 44.1 Å². The quantitative estimate of drug-likeness (QED) is 0.788. The van der Waals surface area contributed by atoms with Crippen molar-refractivity contribution in [3.8, 4) is 0 Å². The van der Waals surface area contributed by atoms with Crippen molar-refractivity contribution in [1.29, 1.82) is 0 Å². The minimum absolute atomic E-state index is 0.0346. The molecule has 2 atom stereocenters. The van der Waals surface area contributed by atoms with Crippen LogP contribution in [0.4, 0.5) is 0 Å². The summed E-state index contributed by atoms with van der Waals surface area (Å²) < 4.78 is 5.46. The van der Waals surface area contributed by atoms with Crippen molar-refractivity contribution in [3.63, 3.8) is 0 Å². The van der Waals surface area contributed by atoms with Gasteiger partial charge in [0.05, 0.1) is 12.3 Å². The van der Waals surface area contributed by atoms with Gasteiger partial charge in [-0.25, -0.2) is 0 Å². The molecule has 1 aromatic carbocycles. The molecule has 1 saturated heterocycles. The van der Waals surface area contributed by atoms with E-state index in [9.17, 15) is 14.4 Å². The van der Waals surface area contributed by atoms with Crippen molar-refractivity contribution >= 4 is 17.7 Å². The Balaban J connectivity index is 1.54. The lowest BCUT2D eigenvalue weighted by Crippen LogP contribution is -2.44. The average molecular weight is 343 g/mol. The molecule has 5 nitrogen and oxygen atoms in total. The number of rotatable bonds is 4. The van der Waals surface area contributed by atoms with Crippen molar-refractivity contribution in [2.75, 3.05) is 13.1 Å². The summed E-state index contributed by atoms with van der Waals surface area (Å²) in [6, 6.07) is 9.62. The van der Waals surface area contributed by atoms with Gasteiger partial charge in [0.15, 0.2) is 11.9 Å². The normalized spacial score (nSPS) is 24.0. The van der Waals surface area contributed by atoms with Crippen LogP contribution in [0.3, 0.4) is 0 Å². The molecule has 1 saturated carbocycles. The van der Waals surface area contributed by atoms with Crippen molar-refractivity contribution < 1.29 is 19.1 Å². The molecule has 134 valence electrons. The monoisotopic (exact) mass is 343 g/mol. The summed E-state index contributed by atoms with van der Waals surface area (Å²) in [6.45, 7) is 1.07. The van der Waals surface area contributed by atoms with E-state index in [1.807, 2.05) is 30.3 Å². The van der Waals surface area contributed by atoms with Gasteiger partial charge in [-0.15, -0.1) is 0 Å². The van der Waals surface area contributed by atoms with Gasteiger partial charge in [-0.1, -0.05) is 30.3 Å². The Morgan fingerprint density at radius 1 is 1.08 bits per heavy atom. The molecule has 1 heterocycles. The lowest BCUT2D eigenvalue weighted by Gasteiger charge is -2.32. The predicted octanol–water partition coefficient (Wildman–Crippen LogP) is 2.52. The number of hydrogen-bond donors (Lipinski definition) is 0. The zero-order valence-electron chi connectivity index (χ0n) is 14.5. The minimum atomic E-state index is -0.573. The molecule has 0 bridgehead atoms. The second-order valence-electron chi connectivity index (χ2n) is 6.98. The van der Waals surface area contributed by atoms with Gasteiger partial charge in [-0.05, 0) is 37.7 Å². The van der Waals surface area contributed by atoms with Crippen LogP contribution < -0.4 is 0 Å². The number of likely N-dealkylation sites (tertiary alicyclic amines) is 1. The van der Waals surface area contributed by atoms with Crippen LogP contribution in [0.25, 0.3) is 0 Å². The second-order valence-corrected chi connectivity index (χ2v) is 6.98. The van der Waals surface area contributed by atoms with E-state index in [2.05, 4.69) is 0 Å². The Kier molecular flexibility index (Phi) is 5.84. The van der Waals surface area contributed by atoms with Gasteiger partial charge in [-0.2, -0.15) is 0 Å². The second kappa shape index (κ2) is 8.28. The van der Waals surface area contributed by atoms with Crippen LogP contribution >= 0.6 is 0 Å². The molecule has 2 fully saturated rings. The third kappa shape index (κ3) is 4.68. The van der Waals surface area contributed by atoms with Crippen molar-refractivity contribution in [1.82, 2.24) is 4.90 Å². The highest BCUT2D eigenvalue weighted by atomic mass is 16.5. The van der Waals surface area contributed by atoms with E-state index in [0.29, 0.717) is 32.4 Å². The first-order valence-electron chi connectivity index (χ1n) is 9.18. The molecule has 1 aromatic rings. The van der Waals surface area contributed by atoms with E-state index in [4.69, 9.17) is 4.74 Å². The van der Waals surface area contributed by atoms with Crippen LogP contribution in [-0.4, -0.2) is 41.8 Å². The number of nitrogens with zero attached hydrogens (tertiary/aromatic N) is 1. The molecule has 3 rings (SSSR count). The molecule has 0 spiro atoms. The number of hydrogen-bond acceptors (Lipinski definition) is 4. The third-order valence-electron chi connectivity index (χ3n) is 5.06. The zero-order valence-corrected chi connectivity index (χ0v) is 14.5. The smallest absolute Gasteiger partial charge is 0.311 e. The Morgan fingerprint density at radius 2 is 1.88 bits per heavy atom. The highest BCUT2D eigenvalue weighted by Crippen LogP contribution is 2.23. The molecular weight excluding hydrogens is 318 g/mol. The minimum Gasteiger partial charge on any atom is -0.454 e. The van der Waals surface area contributed by atoms with E-state index in [0.717, 1.165) is 31.2 Å². The van der Waals surface area contributed by atoms with Crippen LogP contribution in [0.5, 0.6) is 0 Å². The Bertz CT molecular complexity index is 628. The predicted molar refractivity (Wildman–Crippen MR) is 92.8 cm³/mol. The van der Waals surface area contributed by atoms with Crippen molar-refractivity contribution in [2.24, 2.45) is 5.92 Å². The molecular formula is C20H25NO4. The number of esters is 1. The maximum absolute atomic E-state index is 12.5. The molecule has 0 radical (unpaired) electrons. The molecule has 5 heteroatoms. The van der Waals surface area contributed by atoms with E-state index < -0.39 is 6.10 Å². The number of amides is 1. The van der Waals surface area contributed by atoms with Crippen molar-refractivity contribution in [3.05, 3.63) is 35.9 Å². The number of carbonyl (C=O) groups is 3. The molecule has 2 aliphatic rings. The van der Waals surface area contributed by atoms with Crippen LogP contribution in [0, 0.1) is 5.92 Å². The fourth-order valence-electron chi connectivity index (χ4n) is 3.59. The van der Waals surface area contributed by atoms with Gasteiger partial charge in [0.25, 0.3) is 0 Å². The first-order chi connectivity index (χ1) is 12.1. The van der Waals surface area contributed by atoms with E-state index in [1.54, 1.807) is 4.90 Å². The Labute approximate surface area is 148 Å². The number of carbonyl (C=O) groups excluding carboxylic acids is 3. The lowest BCUT2D eigenvalue weighted by molar-refractivity contribution is -0.162. The van der Waals surface area contributed by atoms with Crippen LogP contribution in [0.2, 0.25) is 0 Å². The van der Waals surface area contributed by atoms with Gasteiger partial charge >= 0.3 is 5.97 Å². The molecule has 0 N–H and O–H groups in total. The summed E-state index contributed by atoms with van der Waals surface area (Å²) in [5, 5.41) is 0. The number of ketones is 1. The van der Waals surface area contributed by atoms with Gasteiger partial charge in [-0.3, -0.25) is 14.4 Å². The summed E-state index contributed by atoms with van der Waals surface area (Å²) in [5.41, 5.74) is 0.977. The molecule has 1 aliphatic heterocycles. The molecule has 1 aliphatic carbocycles. The summed E-state index contributed by atoms with van der Waals surface area (Å²) in [5.74, 6) is -0.564. The fraction of sp³-hybridized carbons (Fsp3) is 0.550. The Morgan fingerprint density at radius 3 is 2.64 bits per heavy atom. The van der Waals surface area contributed by atoms with Crippen LogP contribution in [0.15, 0.2) is 30.3 Å². The number of Topliss-reactive ketones (excluding diaryl/α,β-unsaturated/α-hetero) is 1. The first-order valence-corrected chi connectivity index (χ1v) is 9.18. The van der Waals surface area contributed by atoms with E-state index in [-0.39, 0.29) is 23.6 Å². The maximum atomic E-state index is 12.5. The Hall–Kier alpha value is -2.17. The third-order valence-corrected chi connectivity index (χ3v) is 5.06. The fourth-order valence-corrected chi connectivity index (χ4v) is 3.59. The van der Waals surface area contributed by atoms with Gasteiger partial charge < -0.3 is 9.64 Å². The molecule has 25 heavy (non-hydrogen) atoms. The van der Waals surface area contributed by atoms with E-state index >= 15 is 0 Å². The van der Waals surface area contributed by atoms with Gasteiger partial charge in [0, 0.05) is 19.5 Å². The topological polar surface area (TPSA) is 63.7 Å². The summed E-state index contributed by atoms with van der Waals surface area (Å²) in [4.78, 5) is 38.5. The average Bonchev–Trinajstić information content (AvgIpc) is 2.64. The number of benzene rings is 1. The van der Waals surface area contributed by atoms with Crippen LogP contribution in [-0.2, 0) is 25.5 Å². The van der Waals surface area contributed by atoms with Crippen molar-refractivity contribution in [2.45, 2.75) is 51.0 Å². The molecule has 0 aromatic heterocycles. The van der Waals surface area contributed by atoms with E-state index in [1.165, 1.54) is 0 Å². The SMILES string of the molecule is O=C(O[C@H]1CCCCC1=O)[C@@H]1CCCN(C(=O)Cc2ccccc2)C1. The standard InChI is InChI=1S/C20H25NO4/c22-17-10-4-5-11-18(17)25-20(24)16-9-6-12-21(14-16)19(23)13-15-7-2-1-3-8-15/h1-3,7-8,16,18H,4-6,9-14H2/t16-,18+/m1/s1. The highest BCUT2D eigenvalue weighted by Gasteiger charge is 2.33. The number of piperidine rings is 1. The summed E-state index contributed by atoms with van der Waals surface area (Å²) >= 11 is 0. The zero-order chi connectivity index (χ0) is 17.6. The lowest BCUT2D eigenvalue weighted by atomic mass is 9.95. The largest absolute Gasteiger partial charge is 0.454 e. The molecule has 0 unspecified atom stereocenters. The summed E-state index contributed by atoms with van der Waals surface area (Å²) in [6.07, 6.45) is 4.24. The summed E-state index contributed by atoms with van der Waals surface area (Å²) in [7, 11) is 0. The first kappa shape index (κ1) is 17.6. The molecule has 1 amide bonds. The maximum Gasteiger partial charge on any atom is 0.311 e. The van der Waals surface area contributed by atoms with Gasteiger partial charge in [0.1, 0.15) is 0 Å². The van der Waals surface area contributed by atoms with Gasteiger partial charge in [0.2, 0.25) is 5.91 Å². The highest BCUT2D eigenvalue weighted by molar-refractivity contribution is 5.87.